The van der Waals surface area contributed by atoms with Crippen molar-refractivity contribution in [2.75, 3.05) is 0 Å². The lowest BCUT2D eigenvalue weighted by Gasteiger charge is -2.16. The van der Waals surface area contributed by atoms with Gasteiger partial charge in [0.05, 0.1) is 0 Å². The zero-order valence-electron chi connectivity index (χ0n) is 11.8. The van der Waals surface area contributed by atoms with E-state index in [0.29, 0.717) is 0 Å². The molecule has 2 rings (SSSR count). The molecule has 0 bridgehead atoms. The quantitative estimate of drug-likeness (QED) is 0.629. The van der Waals surface area contributed by atoms with E-state index >= 15 is 0 Å². The monoisotopic (exact) mass is 288 g/mol. The minimum atomic E-state index is 0.258. The van der Waals surface area contributed by atoms with E-state index in [1.165, 1.54) is 16.7 Å². The van der Waals surface area contributed by atoms with Crippen molar-refractivity contribution >= 4 is 11.6 Å². The standard InChI is InChI=1S/C17H21ClN2/c1-13-4-2-5-14(10-13)8-9-17(20-19)12-15-6-3-7-16(18)11-15/h2-7,10-11,17,20H,8-9,12,19H2,1H3. The number of hydrazine groups is 1. The van der Waals surface area contributed by atoms with Gasteiger partial charge in [-0.25, -0.2) is 0 Å². The SMILES string of the molecule is Cc1cccc(CCC(Cc2cccc(Cl)c2)NN)c1. The smallest absolute Gasteiger partial charge is 0.0408 e. The van der Waals surface area contributed by atoms with Crippen LogP contribution in [0.5, 0.6) is 0 Å². The summed E-state index contributed by atoms with van der Waals surface area (Å²) >= 11 is 6.01. The molecule has 0 aliphatic carbocycles. The van der Waals surface area contributed by atoms with Crippen LogP contribution in [-0.4, -0.2) is 6.04 Å². The van der Waals surface area contributed by atoms with Gasteiger partial charge in [-0.1, -0.05) is 53.6 Å². The highest BCUT2D eigenvalue weighted by molar-refractivity contribution is 6.30. The molecular weight excluding hydrogens is 268 g/mol. The number of hydrogen-bond acceptors (Lipinski definition) is 2. The number of benzene rings is 2. The molecule has 0 aliphatic rings. The van der Waals surface area contributed by atoms with E-state index in [4.69, 9.17) is 17.4 Å². The van der Waals surface area contributed by atoms with Crippen LogP contribution < -0.4 is 11.3 Å². The van der Waals surface area contributed by atoms with Crippen LogP contribution >= 0.6 is 11.6 Å². The highest BCUT2D eigenvalue weighted by atomic mass is 35.5. The molecule has 0 amide bonds. The Hall–Kier alpha value is -1.35. The first-order valence-corrected chi connectivity index (χ1v) is 7.31. The Morgan fingerprint density at radius 3 is 2.55 bits per heavy atom. The van der Waals surface area contributed by atoms with Crippen molar-refractivity contribution in [3.05, 3.63) is 70.2 Å². The Bertz CT molecular complexity index is 554. The van der Waals surface area contributed by atoms with Gasteiger partial charge in [0.1, 0.15) is 0 Å². The summed E-state index contributed by atoms with van der Waals surface area (Å²) in [5.74, 6) is 5.67. The molecule has 0 heterocycles. The van der Waals surface area contributed by atoms with Crippen LogP contribution in [0.1, 0.15) is 23.1 Å². The largest absolute Gasteiger partial charge is 0.271 e. The number of nitrogens with one attached hydrogen (secondary N) is 1. The van der Waals surface area contributed by atoms with Crippen LogP contribution in [0.3, 0.4) is 0 Å². The van der Waals surface area contributed by atoms with Crippen molar-refractivity contribution in [3.8, 4) is 0 Å². The van der Waals surface area contributed by atoms with Gasteiger partial charge in [-0.2, -0.15) is 0 Å². The predicted molar refractivity (Wildman–Crippen MR) is 85.8 cm³/mol. The summed E-state index contributed by atoms with van der Waals surface area (Å²) in [5.41, 5.74) is 6.78. The van der Waals surface area contributed by atoms with Gasteiger partial charge in [0.15, 0.2) is 0 Å². The molecule has 0 aliphatic heterocycles. The summed E-state index contributed by atoms with van der Waals surface area (Å²) in [6.45, 7) is 2.12. The molecule has 1 unspecified atom stereocenters. The van der Waals surface area contributed by atoms with E-state index in [9.17, 15) is 0 Å². The van der Waals surface area contributed by atoms with Crippen LogP contribution in [-0.2, 0) is 12.8 Å². The van der Waals surface area contributed by atoms with Crippen molar-refractivity contribution in [2.45, 2.75) is 32.2 Å². The Morgan fingerprint density at radius 2 is 1.85 bits per heavy atom. The fraction of sp³-hybridized carbons (Fsp3) is 0.294. The zero-order chi connectivity index (χ0) is 14.4. The lowest BCUT2D eigenvalue weighted by molar-refractivity contribution is 0.491. The van der Waals surface area contributed by atoms with E-state index < -0.39 is 0 Å². The predicted octanol–water partition coefficient (Wildman–Crippen LogP) is 3.66. The van der Waals surface area contributed by atoms with E-state index in [1.54, 1.807) is 0 Å². The molecule has 0 saturated heterocycles. The summed E-state index contributed by atoms with van der Waals surface area (Å²) in [6, 6.07) is 16.8. The summed E-state index contributed by atoms with van der Waals surface area (Å²) in [5, 5.41) is 0.775. The third kappa shape index (κ3) is 4.64. The molecule has 0 fully saturated rings. The molecule has 1 atom stereocenters. The van der Waals surface area contributed by atoms with E-state index in [0.717, 1.165) is 24.3 Å². The molecule has 0 spiro atoms. The highest BCUT2D eigenvalue weighted by Gasteiger charge is 2.08. The zero-order valence-corrected chi connectivity index (χ0v) is 12.5. The average molecular weight is 289 g/mol. The molecule has 2 aromatic rings. The Kier molecular flexibility index (Phi) is 5.60. The second kappa shape index (κ2) is 7.44. The second-order valence-electron chi connectivity index (χ2n) is 5.23. The molecule has 20 heavy (non-hydrogen) atoms. The van der Waals surface area contributed by atoms with Gasteiger partial charge in [0, 0.05) is 11.1 Å². The molecule has 0 aromatic heterocycles. The van der Waals surface area contributed by atoms with Gasteiger partial charge >= 0.3 is 0 Å². The van der Waals surface area contributed by atoms with Crippen LogP contribution in [0, 0.1) is 6.92 Å². The maximum absolute atomic E-state index is 6.01. The maximum Gasteiger partial charge on any atom is 0.0408 e. The Labute approximate surface area is 125 Å². The number of rotatable bonds is 6. The van der Waals surface area contributed by atoms with Gasteiger partial charge in [0.2, 0.25) is 0 Å². The van der Waals surface area contributed by atoms with Crippen molar-refractivity contribution in [1.82, 2.24) is 5.43 Å². The number of hydrogen-bond donors (Lipinski definition) is 2. The van der Waals surface area contributed by atoms with E-state index in [2.05, 4.69) is 42.7 Å². The third-order valence-corrected chi connectivity index (χ3v) is 3.71. The first kappa shape index (κ1) is 15.0. The van der Waals surface area contributed by atoms with Gasteiger partial charge < -0.3 is 0 Å². The summed E-state index contributed by atoms with van der Waals surface area (Å²) in [7, 11) is 0. The Morgan fingerprint density at radius 1 is 1.10 bits per heavy atom. The van der Waals surface area contributed by atoms with E-state index in [-0.39, 0.29) is 6.04 Å². The first-order valence-electron chi connectivity index (χ1n) is 6.93. The van der Waals surface area contributed by atoms with Gasteiger partial charge in [-0.05, 0) is 49.4 Å². The topological polar surface area (TPSA) is 38.0 Å². The molecule has 3 heteroatoms. The highest BCUT2D eigenvalue weighted by Crippen LogP contribution is 2.14. The van der Waals surface area contributed by atoms with Crippen molar-refractivity contribution in [2.24, 2.45) is 5.84 Å². The molecule has 0 radical (unpaired) electrons. The average Bonchev–Trinajstić information content (AvgIpc) is 2.43. The van der Waals surface area contributed by atoms with Gasteiger partial charge in [-0.15, -0.1) is 0 Å². The molecule has 106 valence electrons. The molecule has 0 saturated carbocycles. The second-order valence-corrected chi connectivity index (χ2v) is 5.66. The lowest BCUT2D eigenvalue weighted by atomic mass is 9.99. The lowest BCUT2D eigenvalue weighted by Crippen LogP contribution is -2.37. The summed E-state index contributed by atoms with van der Waals surface area (Å²) in [6.07, 6.45) is 2.92. The van der Waals surface area contributed by atoms with Crippen LogP contribution in [0.4, 0.5) is 0 Å². The van der Waals surface area contributed by atoms with Crippen LogP contribution in [0.2, 0.25) is 5.02 Å². The normalized spacial score (nSPS) is 12.3. The summed E-state index contributed by atoms with van der Waals surface area (Å²) in [4.78, 5) is 0. The first-order chi connectivity index (χ1) is 9.67. The van der Waals surface area contributed by atoms with Crippen molar-refractivity contribution in [1.29, 1.82) is 0 Å². The number of nitrogens with two attached hydrogens (primary N) is 1. The van der Waals surface area contributed by atoms with E-state index in [1.807, 2.05) is 18.2 Å². The summed E-state index contributed by atoms with van der Waals surface area (Å²) < 4.78 is 0. The van der Waals surface area contributed by atoms with Crippen molar-refractivity contribution in [3.63, 3.8) is 0 Å². The van der Waals surface area contributed by atoms with Crippen molar-refractivity contribution < 1.29 is 0 Å². The maximum atomic E-state index is 6.01. The van der Waals surface area contributed by atoms with Gasteiger partial charge in [0.25, 0.3) is 0 Å². The molecule has 2 nitrogen and oxygen atoms in total. The fourth-order valence-corrected chi connectivity index (χ4v) is 2.61. The fourth-order valence-electron chi connectivity index (χ4n) is 2.40. The van der Waals surface area contributed by atoms with Crippen LogP contribution in [0.15, 0.2) is 48.5 Å². The minimum absolute atomic E-state index is 0.258. The molecule has 2 aromatic carbocycles. The number of aryl methyl sites for hydroxylation is 2. The number of halogens is 1. The minimum Gasteiger partial charge on any atom is -0.271 e. The third-order valence-electron chi connectivity index (χ3n) is 3.47. The molecule has 3 N–H and O–H groups in total. The van der Waals surface area contributed by atoms with Crippen LogP contribution in [0.25, 0.3) is 0 Å². The molecular formula is C17H21ClN2. The van der Waals surface area contributed by atoms with Gasteiger partial charge in [-0.3, -0.25) is 11.3 Å². The Balaban J connectivity index is 1.92.